The number of halogens is 3. The van der Waals surface area contributed by atoms with Gasteiger partial charge in [0.25, 0.3) is 0 Å². The van der Waals surface area contributed by atoms with E-state index in [-0.39, 0.29) is 11.9 Å². The predicted molar refractivity (Wildman–Crippen MR) is 118 cm³/mol. The minimum absolute atomic E-state index is 0.126. The molecular formula is C25H29F3N2O3. The van der Waals surface area contributed by atoms with Gasteiger partial charge in [-0.2, -0.15) is 13.2 Å². The lowest BCUT2D eigenvalue weighted by Gasteiger charge is -2.44. The molecule has 3 rings (SSSR count). The van der Waals surface area contributed by atoms with E-state index in [4.69, 9.17) is 4.74 Å². The molecule has 1 N–H and O–H groups in total. The van der Waals surface area contributed by atoms with Gasteiger partial charge in [0.05, 0.1) is 29.8 Å². The maximum absolute atomic E-state index is 13.3. The zero-order valence-corrected chi connectivity index (χ0v) is 19.0. The van der Waals surface area contributed by atoms with E-state index in [9.17, 15) is 22.8 Å². The van der Waals surface area contributed by atoms with E-state index in [0.29, 0.717) is 25.1 Å². The van der Waals surface area contributed by atoms with E-state index in [1.54, 1.807) is 24.3 Å². The van der Waals surface area contributed by atoms with Crippen LogP contribution in [-0.4, -0.2) is 36.0 Å². The quantitative estimate of drug-likeness (QED) is 0.606. The first-order valence-corrected chi connectivity index (χ1v) is 10.9. The molecule has 1 heterocycles. The van der Waals surface area contributed by atoms with Crippen LogP contribution in [0.2, 0.25) is 0 Å². The van der Waals surface area contributed by atoms with E-state index < -0.39 is 23.2 Å². The largest absolute Gasteiger partial charge is 0.465 e. The van der Waals surface area contributed by atoms with Crippen LogP contribution in [-0.2, 0) is 22.3 Å². The van der Waals surface area contributed by atoms with Crippen molar-refractivity contribution >= 4 is 11.9 Å². The fourth-order valence-corrected chi connectivity index (χ4v) is 4.17. The first-order valence-electron chi connectivity index (χ1n) is 10.9. The molecule has 178 valence electrons. The molecule has 0 aromatic heterocycles. The molecule has 0 saturated carbocycles. The monoisotopic (exact) mass is 462 g/mol. The number of hydrogen-bond acceptors (Lipinski definition) is 4. The molecule has 33 heavy (non-hydrogen) atoms. The number of methoxy groups -OCH3 is 1. The van der Waals surface area contributed by atoms with E-state index >= 15 is 0 Å². The first-order chi connectivity index (χ1) is 15.5. The van der Waals surface area contributed by atoms with Crippen molar-refractivity contribution in [1.82, 2.24) is 10.2 Å². The molecule has 0 radical (unpaired) electrons. The number of benzene rings is 2. The Hall–Kier alpha value is -2.87. The van der Waals surface area contributed by atoms with Crippen molar-refractivity contribution in [3.63, 3.8) is 0 Å². The van der Waals surface area contributed by atoms with Crippen LogP contribution < -0.4 is 5.32 Å². The Kier molecular flexibility index (Phi) is 7.47. The minimum Gasteiger partial charge on any atom is -0.465 e. The molecule has 8 heteroatoms. The summed E-state index contributed by atoms with van der Waals surface area (Å²) in [5, 5.41) is 3.07. The van der Waals surface area contributed by atoms with Crippen molar-refractivity contribution in [1.29, 1.82) is 0 Å². The third kappa shape index (κ3) is 5.74. The molecule has 2 atom stereocenters. The maximum atomic E-state index is 13.3. The lowest BCUT2D eigenvalue weighted by atomic mass is 9.86. The van der Waals surface area contributed by atoms with Gasteiger partial charge in [-0.15, -0.1) is 0 Å². The molecule has 0 aliphatic carbocycles. The van der Waals surface area contributed by atoms with Gasteiger partial charge in [0.1, 0.15) is 0 Å². The molecule has 0 spiro atoms. The summed E-state index contributed by atoms with van der Waals surface area (Å²) < 4.78 is 43.3. The molecule has 1 aliphatic rings. The van der Waals surface area contributed by atoms with Gasteiger partial charge in [-0.25, -0.2) is 4.79 Å². The van der Waals surface area contributed by atoms with Crippen molar-refractivity contribution in [2.45, 2.75) is 57.4 Å². The number of alkyl halides is 3. The fraction of sp³-hybridized carbons (Fsp3) is 0.440. The number of nitrogens with zero attached hydrogens (tertiary/aromatic N) is 1. The van der Waals surface area contributed by atoms with Crippen LogP contribution in [0, 0.1) is 0 Å². The molecule has 1 amide bonds. The lowest BCUT2D eigenvalue weighted by molar-refractivity contribution is -0.137. The number of nitrogens with one attached hydrogen (secondary N) is 1. The summed E-state index contributed by atoms with van der Waals surface area (Å²) in [6, 6.07) is 11.7. The molecule has 1 fully saturated rings. The molecular weight excluding hydrogens is 433 g/mol. The number of hydrogen-bond donors (Lipinski definition) is 1. The third-order valence-electron chi connectivity index (χ3n) is 6.36. The highest BCUT2D eigenvalue weighted by atomic mass is 19.4. The second-order valence-electron chi connectivity index (χ2n) is 8.66. The fourth-order valence-electron chi connectivity index (χ4n) is 4.17. The zero-order valence-electron chi connectivity index (χ0n) is 19.0. The number of esters is 1. The van der Waals surface area contributed by atoms with Crippen LogP contribution in [0.1, 0.15) is 66.2 Å². The number of rotatable bonds is 6. The topological polar surface area (TPSA) is 58.6 Å². The van der Waals surface area contributed by atoms with Gasteiger partial charge >= 0.3 is 12.1 Å². The van der Waals surface area contributed by atoms with Crippen LogP contribution in [0.15, 0.2) is 48.5 Å². The normalized spacial score (nSPS) is 20.2. The number of piperidine rings is 1. The Bertz CT molecular complexity index is 974. The van der Waals surface area contributed by atoms with Gasteiger partial charge in [0, 0.05) is 6.54 Å². The lowest BCUT2D eigenvalue weighted by Crippen LogP contribution is -2.58. The smallest absolute Gasteiger partial charge is 0.416 e. The summed E-state index contributed by atoms with van der Waals surface area (Å²) in [5.41, 5.74) is 0.556. The molecule has 5 nitrogen and oxygen atoms in total. The molecule has 0 bridgehead atoms. The van der Waals surface area contributed by atoms with Crippen molar-refractivity contribution < 1.29 is 27.5 Å². The average molecular weight is 463 g/mol. The second-order valence-corrected chi connectivity index (χ2v) is 8.66. The standard InChI is InChI=1S/C25H29F3N2O3/c1-17(19-8-10-20(11-9-19)22(31)33-3)29-23(32)24(2)14-4-5-15-30(24)16-18-6-12-21(13-7-18)25(26,27)28/h6-13,17H,4-5,14-16H2,1-3H3,(H,29,32)/t17-,24?/m0/s1. The first kappa shape index (κ1) is 24.8. The highest BCUT2D eigenvalue weighted by Crippen LogP contribution is 2.32. The van der Waals surface area contributed by atoms with Crippen LogP contribution in [0.25, 0.3) is 0 Å². The van der Waals surface area contributed by atoms with E-state index in [0.717, 1.165) is 36.1 Å². The molecule has 1 unspecified atom stereocenters. The summed E-state index contributed by atoms with van der Waals surface area (Å²) in [6.45, 7) is 4.84. The van der Waals surface area contributed by atoms with Crippen LogP contribution in [0.5, 0.6) is 0 Å². The second kappa shape index (κ2) is 9.95. The number of carbonyl (C=O) groups excluding carboxylic acids is 2. The Morgan fingerprint density at radius 2 is 1.73 bits per heavy atom. The average Bonchev–Trinajstić information content (AvgIpc) is 2.80. The molecule has 2 aromatic carbocycles. The van der Waals surface area contributed by atoms with Crippen molar-refractivity contribution in [3.8, 4) is 0 Å². The van der Waals surface area contributed by atoms with Crippen LogP contribution >= 0.6 is 0 Å². The summed E-state index contributed by atoms with van der Waals surface area (Å²) >= 11 is 0. The number of carbonyl (C=O) groups is 2. The van der Waals surface area contributed by atoms with Crippen molar-refractivity contribution in [2.75, 3.05) is 13.7 Å². The summed E-state index contributed by atoms with van der Waals surface area (Å²) in [4.78, 5) is 27.0. The maximum Gasteiger partial charge on any atom is 0.416 e. The number of ether oxygens (including phenoxy) is 1. The third-order valence-corrected chi connectivity index (χ3v) is 6.36. The van der Waals surface area contributed by atoms with Crippen molar-refractivity contribution in [2.24, 2.45) is 0 Å². The van der Waals surface area contributed by atoms with Gasteiger partial charge in [-0.05, 0) is 75.0 Å². The van der Waals surface area contributed by atoms with Crippen LogP contribution in [0.3, 0.4) is 0 Å². The molecule has 1 aliphatic heterocycles. The highest BCUT2D eigenvalue weighted by Gasteiger charge is 2.41. The van der Waals surface area contributed by atoms with E-state index in [2.05, 4.69) is 5.32 Å². The Morgan fingerprint density at radius 1 is 1.09 bits per heavy atom. The van der Waals surface area contributed by atoms with Gasteiger partial charge < -0.3 is 10.1 Å². The van der Waals surface area contributed by atoms with Gasteiger partial charge in [-0.1, -0.05) is 24.3 Å². The Labute approximate surface area is 191 Å². The van der Waals surface area contributed by atoms with E-state index in [1.165, 1.54) is 19.2 Å². The molecule has 1 saturated heterocycles. The minimum atomic E-state index is -4.37. The van der Waals surface area contributed by atoms with Crippen molar-refractivity contribution in [3.05, 3.63) is 70.8 Å². The summed E-state index contributed by atoms with van der Waals surface area (Å²) in [7, 11) is 1.32. The van der Waals surface area contributed by atoms with Gasteiger partial charge in [0.2, 0.25) is 5.91 Å². The Morgan fingerprint density at radius 3 is 2.30 bits per heavy atom. The highest BCUT2D eigenvalue weighted by molar-refractivity contribution is 5.89. The van der Waals surface area contributed by atoms with E-state index in [1.807, 2.05) is 18.7 Å². The van der Waals surface area contributed by atoms with Gasteiger partial charge in [-0.3, -0.25) is 9.69 Å². The SMILES string of the molecule is COC(=O)c1ccc([C@H](C)NC(=O)C2(C)CCCCN2Cc2ccc(C(F)(F)F)cc2)cc1. The summed E-state index contributed by atoms with van der Waals surface area (Å²) in [5.74, 6) is -0.550. The van der Waals surface area contributed by atoms with Crippen LogP contribution in [0.4, 0.5) is 13.2 Å². The Balaban J connectivity index is 1.71. The summed E-state index contributed by atoms with van der Waals surface area (Å²) in [6.07, 6.45) is -1.89. The van der Waals surface area contributed by atoms with Gasteiger partial charge in [0.15, 0.2) is 0 Å². The molecule has 2 aromatic rings. The number of likely N-dealkylation sites (tertiary alicyclic amines) is 1. The zero-order chi connectivity index (χ0) is 24.2. The predicted octanol–water partition coefficient (Wildman–Crippen LogP) is 5.11. The number of amides is 1.